The number of carboxylic acid groups (broad SMARTS) is 1. The van der Waals surface area contributed by atoms with Crippen molar-refractivity contribution in [3.05, 3.63) is 59.7 Å². The van der Waals surface area contributed by atoms with E-state index in [2.05, 4.69) is 12.2 Å². The first-order valence-corrected chi connectivity index (χ1v) is 14.5. The molecule has 2 aromatic carbocycles. The Kier molecular flexibility index (Phi) is 8.46. The molecule has 2 aliphatic rings. The molecule has 0 aromatic heterocycles. The van der Waals surface area contributed by atoms with Crippen LogP contribution in [-0.4, -0.2) is 76.8 Å². The first-order chi connectivity index (χ1) is 18.0. The monoisotopic (exact) mass is 549 g/mol. The van der Waals surface area contributed by atoms with Gasteiger partial charge in [-0.05, 0) is 36.1 Å². The number of aliphatic carboxylic acids is 1. The molecule has 0 saturated carbocycles. The summed E-state index contributed by atoms with van der Waals surface area (Å²) < 4.78 is 38.5. The Hall–Kier alpha value is -2.54. The van der Waals surface area contributed by atoms with Gasteiger partial charge in [0.05, 0.1) is 16.7 Å². The lowest BCUT2D eigenvalue weighted by atomic mass is 9.88. The summed E-state index contributed by atoms with van der Waals surface area (Å²) in [6.07, 6.45) is -5.89. The molecule has 2 aromatic rings. The highest BCUT2D eigenvalue weighted by Gasteiger charge is 2.48. The van der Waals surface area contributed by atoms with E-state index >= 15 is 0 Å². The highest BCUT2D eigenvalue weighted by molar-refractivity contribution is 7.91. The lowest BCUT2D eigenvalue weighted by molar-refractivity contribution is -0.271. The van der Waals surface area contributed by atoms with Crippen molar-refractivity contribution in [2.24, 2.45) is 0 Å². The minimum atomic E-state index is -3.82. The molecule has 0 bridgehead atoms. The van der Waals surface area contributed by atoms with E-state index in [1.54, 1.807) is 6.07 Å². The molecule has 38 heavy (non-hydrogen) atoms. The van der Waals surface area contributed by atoms with Crippen LogP contribution in [0.15, 0.2) is 53.4 Å². The number of sulfone groups is 1. The van der Waals surface area contributed by atoms with Crippen LogP contribution < -0.4 is 10.1 Å². The second-order valence-electron chi connectivity index (χ2n) is 10.0. The van der Waals surface area contributed by atoms with Gasteiger partial charge >= 0.3 is 5.97 Å². The topological polar surface area (TPSA) is 163 Å². The number of aliphatic hydroxyl groups is 3. The Morgan fingerprint density at radius 1 is 1.08 bits per heavy atom. The SMILES string of the molecule is CCCC[C@]1(CC)CS(=O)(=O)c2cc(OC3O[C@H](C(=O)O)[C@@H](O)[C@H](O)[C@H]3O)ccc2[C@@H](c2ccccc2)N1. The fourth-order valence-corrected chi connectivity index (χ4v) is 7.35. The first kappa shape index (κ1) is 28.5. The molecule has 208 valence electrons. The molecule has 2 aliphatic heterocycles. The van der Waals surface area contributed by atoms with Gasteiger partial charge in [-0.15, -0.1) is 0 Å². The number of unbranched alkanes of at least 4 members (excludes halogenated alkanes) is 1. The van der Waals surface area contributed by atoms with Crippen molar-refractivity contribution < 1.29 is 43.1 Å². The first-order valence-electron chi connectivity index (χ1n) is 12.8. The van der Waals surface area contributed by atoms with Crippen LogP contribution in [0.5, 0.6) is 5.75 Å². The molecule has 11 heteroatoms. The normalized spacial score (nSPS) is 32.7. The fourth-order valence-electron chi connectivity index (χ4n) is 5.20. The molecule has 10 nitrogen and oxygen atoms in total. The van der Waals surface area contributed by atoms with Crippen molar-refractivity contribution in [3.8, 4) is 5.75 Å². The van der Waals surface area contributed by atoms with Crippen LogP contribution in [-0.2, 0) is 19.4 Å². The van der Waals surface area contributed by atoms with E-state index in [1.807, 2.05) is 37.3 Å². The van der Waals surface area contributed by atoms with Crippen molar-refractivity contribution in [1.29, 1.82) is 0 Å². The Labute approximate surface area is 222 Å². The molecule has 7 atom stereocenters. The molecule has 0 amide bonds. The number of rotatable bonds is 8. The van der Waals surface area contributed by atoms with Crippen molar-refractivity contribution >= 4 is 15.8 Å². The van der Waals surface area contributed by atoms with E-state index in [1.165, 1.54) is 12.1 Å². The van der Waals surface area contributed by atoms with Gasteiger partial charge in [0, 0.05) is 5.54 Å². The maximum absolute atomic E-state index is 13.8. The average Bonchev–Trinajstić information content (AvgIpc) is 3.00. The van der Waals surface area contributed by atoms with Crippen LogP contribution in [0.2, 0.25) is 0 Å². The zero-order chi connectivity index (χ0) is 27.7. The van der Waals surface area contributed by atoms with Gasteiger partial charge in [-0.3, -0.25) is 5.32 Å². The number of ether oxygens (including phenoxy) is 2. The number of fused-ring (bicyclic) bond motifs is 1. The van der Waals surface area contributed by atoms with Gasteiger partial charge in [-0.2, -0.15) is 0 Å². The molecule has 2 heterocycles. The van der Waals surface area contributed by atoms with Gasteiger partial charge in [0.25, 0.3) is 0 Å². The number of carbonyl (C=O) groups is 1. The smallest absolute Gasteiger partial charge is 0.335 e. The van der Waals surface area contributed by atoms with Gasteiger partial charge in [0.1, 0.15) is 24.1 Å². The van der Waals surface area contributed by atoms with Gasteiger partial charge in [-0.1, -0.05) is 63.1 Å². The quantitative estimate of drug-likeness (QED) is 0.328. The number of aliphatic hydroxyl groups excluding tert-OH is 3. The summed E-state index contributed by atoms with van der Waals surface area (Å²) >= 11 is 0. The highest BCUT2D eigenvalue weighted by Crippen LogP contribution is 2.40. The maximum atomic E-state index is 13.8. The summed E-state index contributed by atoms with van der Waals surface area (Å²) in [6, 6.07) is 13.6. The number of nitrogens with one attached hydrogen (secondary N) is 1. The molecular weight excluding hydrogens is 514 g/mol. The summed E-state index contributed by atoms with van der Waals surface area (Å²) in [5, 5.41) is 43.4. The van der Waals surface area contributed by atoms with E-state index in [0.29, 0.717) is 18.4 Å². The molecule has 4 rings (SSSR count). The van der Waals surface area contributed by atoms with Gasteiger partial charge in [0.2, 0.25) is 6.29 Å². The Morgan fingerprint density at radius 2 is 1.79 bits per heavy atom. The zero-order valence-electron chi connectivity index (χ0n) is 21.4. The Morgan fingerprint density at radius 3 is 2.42 bits per heavy atom. The van der Waals surface area contributed by atoms with Crippen LogP contribution in [0, 0.1) is 0 Å². The third-order valence-corrected chi connectivity index (χ3v) is 9.39. The van der Waals surface area contributed by atoms with Crippen LogP contribution in [0.25, 0.3) is 0 Å². The van der Waals surface area contributed by atoms with Crippen LogP contribution >= 0.6 is 0 Å². The second-order valence-corrected chi connectivity index (χ2v) is 12.0. The lowest BCUT2D eigenvalue weighted by Crippen LogP contribution is -2.61. The Bertz CT molecular complexity index is 1240. The van der Waals surface area contributed by atoms with Crippen molar-refractivity contribution in [2.45, 2.75) is 86.7 Å². The zero-order valence-corrected chi connectivity index (χ0v) is 22.2. The number of hydrogen-bond donors (Lipinski definition) is 5. The molecule has 1 saturated heterocycles. The largest absolute Gasteiger partial charge is 0.479 e. The number of hydrogen-bond acceptors (Lipinski definition) is 9. The third-order valence-electron chi connectivity index (χ3n) is 7.43. The molecule has 1 fully saturated rings. The van der Waals surface area contributed by atoms with E-state index in [0.717, 1.165) is 18.4 Å². The highest BCUT2D eigenvalue weighted by atomic mass is 32.2. The summed E-state index contributed by atoms with van der Waals surface area (Å²) in [7, 11) is -3.82. The standard InChI is InChI=1S/C27H35NO9S/c1-3-5-13-27(4-2)15-38(34,35)19-14-17(11-12-18(19)20(28-27)16-9-7-6-8-10-16)36-26-23(31)21(29)22(30)24(37-26)25(32)33/h6-12,14,20-24,26,28-31H,3-5,13,15H2,1-2H3,(H,32,33)/t20-,21+,22+,23-,24+,26?,27-/m1/s1. The minimum absolute atomic E-state index is 0.00784. The summed E-state index contributed by atoms with van der Waals surface area (Å²) in [5.41, 5.74) is 0.785. The number of benzene rings is 2. The van der Waals surface area contributed by atoms with E-state index in [-0.39, 0.29) is 16.4 Å². The molecule has 0 spiro atoms. The van der Waals surface area contributed by atoms with Crippen LogP contribution in [0.3, 0.4) is 0 Å². The summed E-state index contributed by atoms with van der Waals surface area (Å²) in [5.74, 6) is -1.65. The Balaban J connectivity index is 1.75. The van der Waals surface area contributed by atoms with Crippen molar-refractivity contribution in [3.63, 3.8) is 0 Å². The minimum Gasteiger partial charge on any atom is -0.479 e. The average molecular weight is 550 g/mol. The van der Waals surface area contributed by atoms with Gasteiger partial charge in [0.15, 0.2) is 15.9 Å². The van der Waals surface area contributed by atoms with E-state index in [9.17, 15) is 33.6 Å². The molecule has 1 unspecified atom stereocenters. The second kappa shape index (κ2) is 11.3. The fraction of sp³-hybridized carbons (Fsp3) is 0.519. The molecule has 0 radical (unpaired) electrons. The van der Waals surface area contributed by atoms with Crippen molar-refractivity contribution in [2.75, 3.05) is 5.75 Å². The summed E-state index contributed by atoms with van der Waals surface area (Å²) in [4.78, 5) is 11.5. The molecule has 0 aliphatic carbocycles. The van der Waals surface area contributed by atoms with Crippen molar-refractivity contribution in [1.82, 2.24) is 5.32 Å². The molecule has 5 N–H and O–H groups in total. The third kappa shape index (κ3) is 5.58. The maximum Gasteiger partial charge on any atom is 0.335 e. The van der Waals surface area contributed by atoms with E-state index < -0.39 is 58.1 Å². The summed E-state index contributed by atoms with van der Waals surface area (Å²) in [6.45, 7) is 4.04. The number of carboxylic acids is 1. The molecular formula is C27H35NO9S. The lowest BCUT2D eigenvalue weighted by Gasteiger charge is -2.38. The van der Waals surface area contributed by atoms with E-state index in [4.69, 9.17) is 9.47 Å². The van der Waals surface area contributed by atoms with Crippen LogP contribution in [0.1, 0.15) is 56.7 Å². The predicted octanol–water partition coefficient (Wildman–Crippen LogP) is 1.76. The predicted molar refractivity (Wildman–Crippen MR) is 137 cm³/mol. The van der Waals surface area contributed by atoms with Gasteiger partial charge < -0.3 is 29.9 Å². The van der Waals surface area contributed by atoms with Crippen LogP contribution in [0.4, 0.5) is 0 Å². The van der Waals surface area contributed by atoms with Gasteiger partial charge in [-0.25, -0.2) is 13.2 Å².